The molecule has 23 heavy (non-hydrogen) atoms. The predicted molar refractivity (Wildman–Crippen MR) is 67.6 cm³/mol. The lowest BCUT2D eigenvalue weighted by Crippen LogP contribution is -2.34. The third kappa shape index (κ3) is 3.05. The summed E-state index contributed by atoms with van der Waals surface area (Å²) in [6.07, 6.45) is -3.11. The molecule has 1 aliphatic heterocycles. The van der Waals surface area contributed by atoms with E-state index in [4.69, 9.17) is 4.74 Å². The lowest BCUT2D eigenvalue weighted by molar-refractivity contribution is -0.343. The number of aliphatic hydroxyl groups is 2. The molecule has 0 aromatic carbocycles. The Morgan fingerprint density at radius 3 is 2.83 bits per heavy atom. The summed E-state index contributed by atoms with van der Waals surface area (Å²) in [7, 11) is -5.24. The van der Waals surface area contributed by atoms with Gasteiger partial charge in [-0.15, -0.1) is 0 Å². The number of phosphoric acid groups is 1. The Balaban J connectivity index is 1.87. The standard InChI is InChI=1S/C10H13N4O8P/c15-6-4(1-21-23(18,19)20)22-10(7(6)16)14-3-13-5-8(14)11-2-12-9(5)17/h2-4,6-7,10,15-16H,1H2,(H,11,12,17)(H2,18,19,20)/p-2/t4-,6-,7-,10-/m1/s1. The third-order valence-corrected chi connectivity index (χ3v) is 3.84. The van der Waals surface area contributed by atoms with Gasteiger partial charge in [0.05, 0.1) is 27.1 Å². The molecule has 3 heterocycles. The number of imidazole rings is 1. The minimum Gasteiger partial charge on any atom is -0.790 e. The minimum absolute atomic E-state index is 0.00103. The Morgan fingerprint density at radius 2 is 2.13 bits per heavy atom. The highest BCUT2D eigenvalue weighted by Gasteiger charge is 2.44. The maximum atomic E-state index is 11.6. The number of hydrogen-bond donors (Lipinski definition) is 3. The zero-order valence-corrected chi connectivity index (χ0v) is 12.2. The number of nitrogens with one attached hydrogen (secondary N) is 1. The highest BCUT2D eigenvalue weighted by Crippen LogP contribution is 2.33. The van der Waals surface area contributed by atoms with Gasteiger partial charge in [-0.3, -0.25) is 9.36 Å². The fraction of sp³-hybridized carbons (Fsp3) is 0.500. The summed E-state index contributed by atoms with van der Waals surface area (Å²) in [6.45, 7) is -0.750. The number of fused-ring (bicyclic) bond motifs is 1. The van der Waals surface area contributed by atoms with E-state index in [1.807, 2.05) is 0 Å². The smallest absolute Gasteiger partial charge is 0.278 e. The summed E-state index contributed by atoms with van der Waals surface area (Å²) in [5.74, 6) is 0. The molecule has 1 aliphatic rings. The molecule has 1 saturated heterocycles. The third-order valence-electron chi connectivity index (χ3n) is 3.37. The second-order valence-corrected chi connectivity index (χ2v) is 6.00. The highest BCUT2D eigenvalue weighted by molar-refractivity contribution is 7.43. The molecular weight excluding hydrogens is 335 g/mol. The van der Waals surface area contributed by atoms with E-state index in [2.05, 4.69) is 19.5 Å². The number of nitrogens with zero attached hydrogens (tertiary/aromatic N) is 3. The van der Waals surface area contributed by atoms with Crippen LogP contribution in [0.4, 0.5) is 0 Å². The van der Waals surface area contributed by atoms with Gasteiger partial charge in [0.15, 0.2) is 17.4 Å². The maximum absolute atomic E-state index is 11.6. The van der Waals surface area contributed by atoms with Crippen LogP contribution in [0.3, 0.4) is 0 Å². The lowest BCUT2D eigenvalue weighted by atomic mass is 10.1. The molecule has 0 aliphatic carbocycles. The average Bonchev–Trinajstić information content (AvgIpc) is 3.01. The zero-order valence-electron chi connectivity index (χ0n) is 11.3. The number of ether oxygens (including phenoxy) is 1. The Kier molecular flexibility index (Phi) is 4.06. The van der Waals surface area contributed by atoms with Gasteiger partial charge in [0.1, 0.15) is 18.3 Å². The van der Waals surface area contributed by atoms with Gasteiger partial charge in [0, 0.05) is 0 Å². The first-order valence-corrected chi connectivity index (χ1v) is 7.82. The molecule has 3 N–H and O–H groups in total. The minimum atomic E-state index is -5.24. The van der Waals surface area contributed by atoms with E-state index in [0.717, 1.165) is 6.33 Å². The highest BCUT2D eigenvalue weighted by atomic mass is 31.2. The number of hydrogen-bond acceptors (Lipinski definition) is 10. The van der Waals surface area contributed by atoms with E-state index < -0.39 is 44.5 Å². The van der Waals surface area contributed by atoms with Crippen molar-refractivity contribution in [1.82, 2.24) is 19.5 Å². The second kappa shape index (κ2) is 5.76. The molecule has 2 aromatic rings. The van der Waals surface area contributed by atoms with Crippen molar-refractivity contribution >= 4 is 19.0 Å². The first-order chi connectivity index (χ1) is 10.8. The van der Waals surface area contributed by atoms with E-state index in [-0.39, 0.29) is 11.2 Å². The van der Waals surface area contributed by atoms with Gasteiger partial charge in [0.25, 0.3) is 5.56 Å². The van der Waals surface area contributed by atoms with Crippen molar-refractivity contribution in [2.75, 3.05) is 6.61 Å². The molecule has 3 rings (SSSR count). The summed E-state index contributed by atoms with van der Waals surface area (Å²) < 4.78 is 21.1. The van der Waals surface area contributed by atoms with Gasteiger partial charge < -0.3 is 38.8 Å². The maximum Gasteiger partial charge on any atom is 0.278 e. The Bertz CT molecular complexity index is 815. The fourth-order valence-corrected chi connectivity index (χ4v) is 2.64. The SMILES string of the molecule is O=c1[nH]cnc2c1ncn2[C@@H]1O[C@H](COP(=O)([O-])[O-])[C@@H](O)[C@H]1O. The molecule has 2 aromatic heterocycles. The molecule has 13 heteroatoms. The molecule has 0 unspecified atom stereocenters. The molecule has 4 atom stereocenters. The normalized spacial score (nSPS) is 28.5. The number of phosphoric ester groups is 1. The van der Waals surface area contributed by atoms with E-state index in [1.165, 1.54) is 10.9 Å². The molecule has 0 radical (unpaired) electrons. The van der Waals surface area contributed by atoms with Crippen molar-refractivity contribution in [3.63, 3.8) is 0 Å². The number of aromatic nitrogens is 4. The summed E-state index contributed by atoms with van der Waals surface area (Å²) in [5, 5.41) is 19.9. The van der Waals surface area contributed by atoms with Crippen LogP contribution in [0, 0.1) is 0 Å². The number of rotatable bonds is 4. The second-order valence-electron chi connectivity index (χ2n) is 4.84. The monoisotopic (exact) mass is 346 g/mol. The summed E-state index contributed by atoms with van der Waals surface area (Å²) in [6, 6.07) is 0. The van der Waals surface area contributed by atoms with Crippen molar-refractivity contribution in [1.29, 1.82) is 0 Å². The largest absolute Gasteiger partial charge is 0.790 e. The first kappa shape index (κ1) is 16.2. The van der Waals surface area contributed by atoms with Gasteiger partial charge in [0.2, 0.25) is 0 Å². The van der Waals surface area contributed by atoms with Gasteiger partial charge in [-0.2, -0.15) is 0 Å². The Morgan fingerprint density at radius 1 is 1.39 bits per heavy atom. The number of aromatic amines is 1. The number of H-pyrrole nitrogens is 1. The van der Waals surface area contributed by atoms with Gasteiger partial charge in [-0.25, -0.2) is 9.97 Å². The van der Waals surface area contributed by atoms with Crippen molar-refractivity contribution in [3.05, 3.63) is 23.0 Å². The first-order valence-electron chi connectivity index (χ1n) is 6.36. The lowest BCUT2D eigenvalue weighted by Gasteiger charge is -2.30. The molecule has 126 valence electrons. The van der Waals surface area contributed by atoms with Crippen LogP contribution in [0.15, 0.2) is 17.4 Å². The van der Waals surface area contributed by atoms with E-state index in [9.17, 15) is 29.4 Å². The quantitative estimate of drug-likeness (QED) is 0.471. The summed E-state index contributed by atoms with van der Waals surface area (Å²) in [4.78, 5) is 42.6. The van der Waals surface area contributed by atoms with Crippen molar-refractivity contribution in [2.24, 2.45) is 0 Å². The van der Waals surface area contributed by atoms with Crippen LogP contribution in [-0.4, -0.2) is 54.7 Å². The summed E-state index contributed by atoms with van der Waals surface area (Å²) in [5.41, 5.74) is -0.397. The number of aliphatic hydroxyl groups excluding tert-OH is 2. The molecular formula is C10H11N4O8P-2. The molecule has 0 spiro atoms. The predicted octanol–water partition coefficient (Wildman–Crippen LogP) is -3.42. The van der Waals surface area contributed by atoms with Crippen LogP contribution < -0.4 is 15.3 Å². The Hall–Kier alpha value is -1.66. The molecule has 0 amide bonds. The van der Waals surface area contributed by atoms with Crippen LogP contribution in [0.2, 0.25) is 0 Å². The van der Waals surface area contributed by atoms with Crippen molar-refractivity contribution in [2.45, 2.75) is 24.5 Å². The van der Waals surface area contributed by atoms with E-state index >= 15 is 0 Å². The van der Waals surface area contributed by atoms with Crippen LogP contribution in [-0.2, 0) is 13.8 Å². The van der Waals surface area contributed by atoms with Crippen molar-refractivity contribution < 1.29 is 33.8 Å². The molecule has 1 fully saturated rings. The van der Waals surface area contributed by atoms with Gasteiger partial charge in [-0.1, -0.05) is 0 Å². The summed E-state index contributed by atoms with van der Waals surface area (Å²) >= 11 is 0. The topological polar surface area (TPSA) is 186 Å². The van der Waals surface area contributed by atoms with Crippen LogP contribution in [0.5, 0.6) is 0 Å². The van der Waals surface area contributed by atoms with Crippen LogP contribution in [0.1, 0.15) is 6.23 Å². The van der Waals surface area contributed by atoms with Crippen LogP contribution in [0.25, 0.3) is 11.2 Å². The Labute approximate surface area is 127 Å². The fourth-order valence-electron chi connectivity index (χ4n) is 2.31. The van der Waals surface area contributed by atoms with Crippen molar-refractivity contribution in [3.8, 4) is 0 Å². The van der Waals surface area contributed by atoms with Gasteiger partial charge in [-0.05, 0) is 0 Å². The molecule has 0 bridgehead atoms. The van der Waals surface area contributed by atoms with Crippen LogP contribution >= 0.6 is 7.82 Å². The van der Waals surface area contributed by atoms with E-state index in [0.29, 0.717) is 0 Å². The average molecular weight is 346 g/mol. The zero-order chi connectivity index (χ0) is 16.8. The van der Waals surface area contributed by atoms with Gasteiger partial charge >= 0.3 is 0 Å². The van der Waals surface area contributed by atoms with E-state index in [1.54, 1.807) is 0 Å². The molecule has 0 saturated carbocycles. The molecule has 12 nitrogen and oxygen atoms in total.